The van der Waals surface area contributed by atoms with E-state index in [2.05, 4.69) is 57.2 Å². The molecule has 4 aromatic heterocycles. The molecule has 14 rings (SSSR count). The van der Waals surface area contributed by atoms with Gasteiger partial charge in [0.1, 0.15) is 19.8 Å². The molecule has 1 aliphatic heterocycles. The van der Waals surface area contributed by atoms with Gasteiger partial charge in [0.15, 0.2) is 0 Å². The number of esters is 4. The molecule has 0 bridgehead atoms. The van der Waals surface area contributed by atoms with Crippen molar-refractivity contribution in [2.45, 2.75) is 74.2 Å². The van der Waals surface area contributed by atoms with Crippen LogP contribution in [0, 0.1) is 0 Å². The minimum Gasteiger partial charge on any atom is -0.870 e. The number of benzene rings is 9. The number of carboxylic acid groups (broad SMARTS) is 2. The van der Waals surface area contributed by atoms with Gasteiger partial charge in [0, 0.05) is 18.4 Å². The predicted octanol–water partition coefficient (Wildman–Crippen LogP) is 7.42. The van der Waals surface area contributed by atoms with Crippen LogP contribution in [0.3, 0.4) is 0 Å². The Morgan fingerprint density at radius 3 is 0.983 bits per heavy atom. The van der Waals surface area contributed by atoms with E-state index in [4.69, 9.17) is 56.0 Å². The molecule has 0 radical (unpaired) electrons. The van der Waals surface area contributed by atoms with Crippen LogP contribution < -0.4 is 117 Å². The minimum atomic E-state index is -0.991. The number of nitrogens with zero attached hydrogens (tertiary/aromatic N) is 3. The van der Waals surface area contributed by atoms with E-state index in [-0.39, 0.29) is 134 Å². The summed E-state index contributed by atoms with van der Waals surface area (Å²) in [5.74, 6) is 5.30. The molecular weight excluding hydrogens is 1580 g/mol. The van der Waals surface area contributed by atoms with Crippen molar-refractivity contribution in [3.05, 3.63) is 326 Å². The minimum absolute atomic E-state index is 0. The Labute approximate surface area is 720 Å². The molecule has 0 saturated carbocycles. The summed E-state index contributed by atoms with van der Waals surface area (Å²) >= 11 is 5.63. The zero-order valence-corrected chi connectivity index (χ0v) is 69.3. The standard InChI is InChI=1S/C18H16N2O4.C16H13N3O3.C16H12N2O4.C10H11ClO2.C8H6N2O2.C8H4O3.C2H4O2.2C2H6.K.H4N2.H3N.2H2O/c1-2-23-18(22)13-7-5-6-12(10-13)11-24-17-15-9-4-3-8-14(15)16(21)19-20-17;17-14(20)11-5-3-4-10(8-11)9-22-16-13-7-2-1-6-12(13)15(21)18-19-16;19-14-12-6-1-2-7-13(12)15(18-17-14)22-9-10-4-3-5-11(8-10)16(20)21;1-2-13-10(12)9-5-3-4-8(6-9)7-11;11-7-5-3-1-2-4-6(5)8(12)10-9-7;9-7-5-3-1-2-4-6(5)8(10)11-7;1-2(3)4;2*1-2;;1-2;;;/h3-10H,2,11H2,1H3,(H,19,21);1-8H,9H2,(H2,17,20)(H,18,21);1-8H,9H2,(H,17,19)(H,20,21);3-6H,2,7H2,1H3;1-4H,(H,9,11)(H,10,12);1-4H;1H3,(H,3,4);2*1-2H3;;1-2H2;1H3;2*1H2/q;;;;;;;;;+1;;;;/p-1. The van der Waals surface area contributed by atoms with Crippen molar-refractivity contribution in [3.8, 4) is 17.6 Å². The van der Waals surface area contributed by atoms with Crippen LogP contribution in [0.4, 0.5) is 0 Å². The molecule has 36 heteroatoms. The van der Waals surface area contributed by atoms with E-state index in [9.17, 15) is 52.7 Å². The first-order valence-electron chi connectivity index (χ1n) is 34.8. The largest absolute Gasteiger partial charge is 1.00 e. The van der Waals surface area contributed by atoms with Gasteiger partial charge >= 0.3 is 81.2 Å². The first-order chi connectivity index (χ1) is 55.1. The summed E-state index contributed by atoms with van der Waals surface area (Å²) in [6, 6.07) is 61.8. The van der Waals surface area contributed by atoms with E-state index < -0.39 is 29.8 Å². The summed E-state index contributed by atoms with van der Waals surface area (Å²) in [6.07, 6.45) is 0. The van der Waals surface area contributed by atoms with E-state index in [0.29, 0.717) is 113 Å². The van der Waals surface area contributed by atoms with Crippen LogP contribution >= 0.6 is 11.6 Å². The molecule has 0 spiro atoms. The average Bonchev–Trinajstić information content (AvgIpc) is 0.956. The van der Waals surface area contributed by atoms with Crippen LogP contribution in [0.15, 0.2) is 242 Å². The number of amides is 1. The number of rotatable bonds is 16. The topological polar surface area (TPSA) is 593 Å². The number of primary amides is 1. The van der Waals surface area contributed by atoms with E-state index >= 15 is 0 Å². The SMILES string of the molecule is CC.CC.CC(=O)O.CCOC(=O)c1cccc(CCl)c1.CCOC(=O)c1cccc(COc2n[nH]c(=O)c3ccccc23)c1.N.NC(=O)c1cccc(COc2n[nH]c(=O)c3ccccc23)c1.NN.O.O=C(O)c1cccc(COc2n[nH]c(=O)c3ccccc23)c1.O=C1OC(=O)c2ccccc21.O=c1[nH][nH]c(=O)c2ccccc12.[K+].[OH-]. The number of nitrogens with one attached hydrogen (secondary N) is 5. The van der Waals surface area contributed by atoms with Crippen molar-refractivity contribution in [1.29, 1.82) is 0 Å². The van der Waals surface area contributed by atoms with Gasteiger partial charge < -0.3 is 61.5 Å². The van der Waals surface area contributed by atoms with Crippen LogP contribution in [0.5, 0.6) is 17.6 Å². The number of aromatic carboxylic acids is 1. The van der Waals surface area contributed by atoms with E-state index in [0.717, 1.165) is 23.6 Å². The van der Waals surface area contributed by atoms with Crippen molar-refractivity contribution >= 4 is 96.4 Å². The number of aromatic amines is 5. The number of carbonyl (C=O) groups excluding carboxylic acids is 5. The Kier molecular flexibility index (Phi) is 47.7. The fourth-order valence-electron chi connectivity index (χ4n) is 9.82. The Bertz CT molecular complexity index is 5530. The molecule has 0 atom stereocenters. The zero-order valence-electron chi connectivity index (χ0n) is 65.4. The molecule has 0 fully saturated rings. The number of hydrogen-bond donors (Lipinski definition) is 11. The Balaban J connectivity index is 0.000000701. The third-order valence-corrected chi connectivity index (χ3v) is 15.1. The molecule has 0 saturated heterocycles. The van der Waals surface area contributed by atoms with Crippen molar-refractivity contribution in [2.75, 3.05) is 13.2 Å². The molecule has 19 N–H and O–H groups in total. The molecule has 0 aliphatic carbocycles. The quantitative estimate of drug-likeness (QED) is 0.00852. The average molecular weight is 1670 g/mol. The molecule has 0 unspecified atom stereocenters. The fraction of sp³-hybridized carbons (Fsp3) is 0.159. The van der Waals surface area contributed by atoms with Gasteiger partial charge in [-0.2, -0.15) is 0 Å². The number of carbonyl (C=O) groups is 7. The summed E-state index contributed by atoms with van der Waals surface area (Å²) in [5, 5.41) is 44.1. The van der Waals surface area contributed by atoms with E-state index in [1.165, 1.54) is 12.1 Å². The molecule has 616 valence electrons. The van der Waals surface area contributed by atoms with Crippen molar-refractivity contribution in [1.82, 2.24) is 46.9 Å². The fourth-order valence-corrected chi connectivity index (χ4v) is 9.99. The predicted molar refractivity (Wildman–Crippen MR) is 439 cm³/mol. The van der Waals surface area contributed by atoms with Crippen LogP contribution in [-0.4, -0.2) is 117 Å². The smallest absolute Gasteiger partial charge is 0.870 e. The second-order valence-electron chi connectivity index (χ2n) is 22.3. The molecule has 13 aromatic rings. The van der Waals surface area contributed by atoms with Crippen LogP contribution in [0.1, 0.15) is 133 Å². The molecule has 5 heterocycles. The maximum atomic E-state index is 11.8. The summed E-state index contributed by atoms with van der Waals surface area (Å²) in [6.45, 7) is 13.9. The maximum absolute atomic E-state index is 11.8. The number of fused-ring (bicyclic) bond motifs is 5. The Morgan fingerprint density at radius 2 is 0.678 bits per heavy atom. The monoisotopic (exact) mass is 1670 g/mol. The summed E-state index contributed by atoms with van der Waals surface area (Å²) < 4.78 is 31.2. The molecular formula is C82H88ClKN12O22. The van der Waals surface area contributed by atoms with Crippen molar-refractivity contribution < 1.29 is 135 Å². The Morgan fingerprint density at radius 1 is 0.415 bits per heavy atom. The van der Waals surface area contributed by atoms with Gasteiger partial charge in [0.2, 0.25) is 23.5 Å². The number of carboxylic acids is 2. The number of alkyl halides is 1. The van der Waals surface area contributed by atoms with Gasteiger partial charge in [-0.3, -0.25) is 55.4 Å². The number of hydrazine groups is 1. The second kappa shape index (κ2) is 54.7. The summed E-state index contributed by atoms with van der Waals surface area (Å²) in [7, 11) is 0. The molecule has 1 aliphatic rings. The number of cyclic esters (lactones) is 2. The summed E-state index contributed by atoms with van der Waals surface area (Å²) in [5.41, 5.74) is 9.47. The van der Waals surface area contributed by atoms with Crippen LogP contribution in [0.2, 0.25) is 0 Å². The summed E-state index contributed by atoms with van der Waals surface area (Å²) in [4.78, 5) is 133. The zero-order chi connectivity index (χ0) is 83.7. The number of hydrogen-bond acceptors (Lipinski definition) is 25. The first kappa shape index (κ1) is 103. The number of nitrogens with two attached hydrogens (primary N) is 3. The van der Waals surface area contributed by atoms with Crippen LogP contribution in [0.25, 0.3) is 43.1 Å². The molecule has 118 heavy (non-hydrogen) atoms. The van der Waals surface area contributed by atoms with Gasteiger partial charge in [0.25, 0.3) is 33.8 Å². The molecule has 1 amide bonds. The van der Waals surface area contributed by atoms with Gasteiger partial charge in [-0.15, -0.1) is 26.9 Å². The maximum Gasteiger partial charge on any atom is 1.00 e. The van der Waals surface area contributed by atoms with E-state index in [1.807, 2.05) is 58.0 Å². The Hall–Kier alpha value is -13.0. The van der Waals surface area contributed by atoms with Crippen LogP contribution in [-0.2, 0) is 44.7 Å². The number of ether oxygens (including phenoxy) is 6. The molecule has 9 aromatic carbocycles. The normalized spacial score (nSPS) is 9.92. The van der Waals surface area contributed by atoms with Gasteiger partial charge in [-0.25, -0.2) is 39.3 Å². The third kappa shape index (κ3) is 31.3. The van der Waals surface area contributed by atoms with Crippen molar-refractivity contribution in [2.24, 2.45) is 17.4 Å². The number of aromatic nitrogens is 8. The number of H-pyrrole nitrogens is 5. The van der Waals surface area contributed by atoms with E-state index in [1.54, 1.807) is 190 Å². The third-order valence-electron chi connectivity index (χ3n) is 14.8. The van der Waals surface area contributed by atoms with Gasteiger partial charge in [0.05, 0.1) is 84.1 Å². The van der Waals surface area contributed by atoms with Gasteiger partial charge in [-0.1, -0.05) is 137 Å². The molecule has 34 nitrogen and oxygen atoms in total. The second-order valence-corrected chi connectivity index (χ2v) is 22.6. The van der Waals surface area contributed by atoms with Gasteiger partial charge in [-0.05, 0) is 145 Å². The number of aliphatic carboxylic acids is 1. The van der Waals surface area contributed by atoms with Crippen molar-refractivity contribution in [3.63, 3.8) is 0 Å². The first-order valence-corrected chi connectivity index (χ1v) is 35.3. The number of halogens is 1.